The lowest BCUT2D eigenvalue weighted by molar-refractivity contribution is 0.251. The average Bonchev–Trinajstić information content (AvgIpc) is 3.25. The second-order valence-electron chi connectivity index (χ2n) is 11.2. The molecule has 196 valence electrons. The Kier molecular flexibility index (Phi) is 5.91. The maximum absolute atomic E-state index is 16.7. The van der Waals surface area contributed by atoms with Crippen molar-refractivity contribution in [2.75, 3.05) is 38.1 Å². The minimum Gasteiger partial charge on any atom is -0.508 e. The third-order valence-electron chi connectivity index (χ3n) is 8.60. The van der Waals surface area contributed by atoms with Crippen LogP contribution >= 0.6 is 11.6 Å². The zero-order valence-corrected chi connectivity index (χ0v) is 22.2. The van der Waals surface area contributed by atoms with Gasteiger partial charge in [0.05, 0.1) is 5.02 Å². The van der Waals surface area contributed by atoms with Crippen molar-refractivity contribution < 1.29 is 9.50 Å². The fourth-order valence-corrected chi connectivity index (χ4v) is 6.90. The van der Waals surface area contributed by atoms with Crippen molar-refractivity contribution in [2.45, 2.75) is 43.7 Å². The first-order valence-electron chi connectivity index (χ1n) is 13.6. The molecule has 0 amide bonds. The number of nitrogens with zero attached hydrogens (tertiary/aromatic N) is 4. The van der Waals surface area contributed by atoms with E-state index in [1.54, 1.807) is 12.1 Å². The van der Waals surface area contributed by atoms with Crippen LogP contribution in [0.3, 0.4) is 0 Å². The molecule has 0 spiro atoms. The summed E-state index contributed by atoms with van der Waals surface area (Å²) in [5.74, 6) is 1.31. The molecule has 3 aromatic carbocycles. The van der Waals surface area contributed by atoms with Gasteiger partial charge in [0.1, 0.15) is 22.9 Å². The van der Waals surface area contributed by atoms with E-state index in [-0.39, 0.29) is 17.2 Å². The van der Waals surface area contributed by atoms with Gasteiger partial charge in [0, 0.05) is 42.0 Å². The van der Waals surface area contributed by atoms with E-state index in [0.717, 1.165) is 74.3 Å². The monoisotopic (exact) mass is 531 g/mol. The number of rotatable bonds is 3. The number of hydrogen-bond donors (Lipinski definition) is 2. The standard InChI is InChI=1S/C30H31ClFN5O/c1-36-10-8-17(9-11-36)29-34-28-24(30(35-29)37-15-19-6-7-20(16-37)33-19)14-25(31)26(27(28)32)23-13-21(38)12-18-4-2-3-5-22(18)23/h2-5,12-14,17,19-20,33,38H,6-11,15-16H2,1H3. The molecule has 1 aromatic heterocycles. The normalized spacial score (nSPS) is 22.6. The SMILES string of the molecule is CN1CCC(c2nc(N3CC4CCC(C3)N4)c3cc(Cl)c(-c4cc(O)cc5ccccc45)c(F)c3n2)CC1. The van der Waals surface area contributed by atoms with Crippen LogP contribution < -0.4 is 10.2 Å². The third kappa shape index (κ3) is 4.08. The summed E-state index contributed by atoms with van der Waals surface area (Å²) in [7, 11) is 2.13. The van der Waals surface area contributed by atoms with Gasteiger partial charge in [0.15, 0.2) is 5.82 Å². The topological polar surface area (TPSA) is 64.5 Å². The molecule has 4 heterocycles. The van der Waals surface area contributed by atoms with Crippen LogP contribution in [0.15, 0.2) is 42.5 Å². The van der Waals surface area contributed by atoms with Crippen LogP contribution in [0.4, 0.5) is 10.2 Å². The summed E-state index contributed by atoms with van der Waals surface area (Å²) in [6.07, 6.45) is 4.20. The molecule has 3 saturated heterocycles. The Morgan fingerprint density at radius 2 is 1.71 bits per heavy atom. The number of piperidine rings is 1. The molecule has 4 aromatic rings. The lowest BCUT2D eigenvalue weighted by Crippen LogP contribution is -2.51. The van der Waals surface area contributed by atoms with Gasteiger partial charge in [-0.05, 0) is 80.4 Å². The highest BCUT2D eigenvalue weighted by atomic mass is 35.5. The molecule has 0 saturated carbocycles. The van der Waals surface area contributed by atoms with Crippen LogP contribution in [-0.2, 0) is 0 Å². The summed E-state index contributed by atoms with van der Waals surface area (Å²) >= 11 is 6.87. The Labute approximate surface area is 226 Å². The molecule has 0 radical (unpaired) electrons. The minimum atomic E-state index is -0.459. The van der Waals surface area contributed by atoms with Gasteiger partial charge < -0.3 is 20.2 Å². The van der Waals surface area contributed by atoms with E-state index in [2.05, 4.69) is 22.2 Å². The zero-order valence-electron chi connectivity index (χ0n) is 21.4. The van der Waals surface area contributed by atoms with Crippen molar-refractivity contribution in [3.05, 3.63) is 59.1 Å². The highest BCUT2D eigenvalue weighted by Crippen LogP contribution is 2.43. The number of phenolic OH excluding ortho intramolecular Hbond substituents is 1. The number of piperazine rings is 1. The number of aromatic nitrogens is 2. The smallest absolute Gasteiger partial charge is 0.158 e. The molecule has 3 aliphatic rings. The van der Waals surface area contributed by atoms with Gasteiger partial charge in [0.25, 0.3) is 0 Å². The predicted molar refractivity (Wildman–Crippen MR) is 151 cm³/mol. The summed E-state index contributed by atoms with van der Waals surface area (Å²) in [6, 6.07) is 13.6. The Morgan fingerprint density at radius 3 is 2.47 bits per heavy atom. The molecule has 7 rings (SSSR count). The summed E-state index contributed by atoms with van der Waals surface area (Å²) in [5.41, 5.74) is 1.14. The molecular weight excluding hydrogens is 501 g/mol. The molecule has 38 heavy (non-hydrogen) atoms. The number of aromatic hydroxyl groups is 1. The van der Waals surface area contributed by atoms with Crippen molar-refractivity contribution in [3.63, 3.8) is 0 Å². The van der Waals surface area contributed by atoms with E-state index >= 15 is 4.39 Å². The first-order chi connectivity index (χ1) is 18.4. The number of halogens is 2. The lowest BCUT2D eigenvalue weighted by atomic mass is 9.94. The van der Waals surface area contributed by atoms with Crippen molar-refractivity contribution in [1.82, 2.24) is 20.2 Å². The van der Waals surface area contributed by atoms with Crippen LogP contribution in [0.1, 0.15) is 37.4 Å². The van der Waals surface area contributed by atoms with Crippen molar-refractivity contribution in [2.24, 2.45) is 0 Å². The largest absolute Gasteiger partial charge is 0.508 e. The molecule has 8 heteroatoms. The Hall–Kier alpha value is -3.00. The number of fused-ring (bicyclic) bond motifs is 4. The van der Waals surface area contributed by atoms with E-state index in [4.69, 9.17) is 21.6 Å². The third-order valence-corrected chi connectivity index (χ3v) is 8.89. The zero-order chi connectivity index (χ0) is 26.0. The Balaban J connectivity index is 1.45. The van der Waals surface area contributed by atoms with E-state index in [0.29, 0.717) is 33.6 Å². The maximum atomic E-state index is 16.7. The van der Waals surface area contributed by atoms with Crippen LogP contribution in [0.5, 0.6) is 5.75 Å². The van der Waals surface area contributed by atoms with Crippen molar-refractivity contribution in [3.8, 4) is 16.9 Å². The van der Waals surface area contributed by atoms with Gasteiger partial charge in [-0.3, -0.25) is 0 Å². The van der Waals surface area contributed by atoms with Gasteiger partial charge in [0.2, 0.25) is 0 Å². The fraction of sp³-hybridized carbons (Fsp3) is 0.400. The van der Waals surface area contributed by atoms with E-state index in [9.17, 15) is 5.11 Å². The van der Waals surface area contributed by atoms with Gasteiger partial charge in [-0.15, -0.1) is 0 Å². The van der Waals surface area contributed by atoms with E-state index in [1.165, 1.54) is 0 Å². The number of benzene rings is 3. The molecular formula is C30H31ClFN5O. The first kappa shape index (κ1) is 24.1. The van der Waals surface area contributed by atoms with Crippen LogP contribution in [0, 0.1) is 5.82 Å². The minimum absolute atomic E-state index is 0.0703. The molecule has 2 N–H and O–H groups in total. The Bertz CT molecular complexity index is 1540. The highest BCUT2D eigenvalue weighted by molar-refractivity contribution is 6.35. The quantitative estimate of drug-likeness (QED) is 0.354. The van der Waals surface area contributed by atoms with Crippen molar-refractivity contribution >= 4 is 39.1 Å². The van der Waals surface area contributed by atoms with Crippen LogP contribution in [-0.4, -0.2) is 65.3 Å². The Morgan fingerprint density at radius 1 is 0.974 bits per heavy atom. The predicted octanol–water partition coefficient (Wildman–Crippen LogP) is 5.70. The summed E-state index contributed by atoms with van der Waals surface area (Å²) in [4.78, 5) is 14.6. The molecule has 0 aliphatic carbocycles. The lowest BCUT2D eigenvalue weighted by Gasteiger charge is -2.35. The number of likely N-dealkylation sites (tertiary alicyclic amines) is 1. The van der Waals surface area contributed by atoms with Gasteiger partial charge in [-0.1, -0.05) is 35.9 Å². The molecule has 2 bridgehead atoms. The number of hydrogen-bond acceptors (Lipinski definition) is 6. The maximum Gasteiger partial charge on any atom is 0.158 e. The molecule has 6 nitrogen and oxygen atoms in total. The van der Waals surface area contributed by atoms with E-state index < -0.39 is 5.82 Å². The van der Waals surface area contributed by atoms with E-state index in [1.807, 2.05) is 30.3 Å². The second-order valence-corrected chi connectivity index (χ2v) is 11.6. The van der Waals surface area contributed by atoms with Gasteiger partial charge in [-0.25, -0.2) is 14.4 Å². The molecule has 3 aliphatic heterocycles. The first-order valence-corrected chi connectivity index (χ1v) is 13.9. The van der Waals surface area contributed by atoms with Crippen LogP contribution in [0.2, 0.25) is 5.02 Å². The van der Waals surface area contributed by atoms with Gasteiger partial charge >= 0.3 is 0 Å². The molecule has 3 fully saturated rings. The van der Waals surface area contributed by atoms with Crippen LogP contribution in [0.25, 0.3) is 32.8 Å². The highest BCUT2D eigenvalue weighted by Gasteiger charge is 2.35. The summed E-state index contributed by atoms with van der Waals surface area (Å²) in [5, 5.41) is 16.7. The van der Waals surface area contributed by atoms with Gasteiger partial charge in [-0.2, -0.15) is 0 Å². The number of nitrogens with one attached hydrogen (secondary N) is 1. The molecule has 2 atom stereocenters. The summed E-state index contributed by atoms with van der Waals surface area (Å²) < 4.78 is 16.7. The molecule has 2 unspecified atom stereocenters. The number of phenols is 1. The average molecular weight is 532 g/mol. The summed E-state index contributed by atoms with van der Waals surface area (Å²) in [6.45, 7) is 3.63. The number of anilines is 1. The fourth-order valence-electron chi connectivity index (χ4n) is 6.61. The second kappa shape index (κ2) is 9.33. The van der Waals surface area contributed by atoms with Crippen molar-refractivity contribution in [1.29, 1.82) is 0 Å².